The quantitative estimate of drug-likeness (QED) is 0.784. The summed E-state index contributed by atoms with van der Waals surface area (Å²) in [6.45, 7) is 0.779. The highest BCUT2D eigenvalue weighted by atomic mass is 16.5. The molecule has 1 aliphatic heterocycles. The Kier molecular flexibility index (Phi) is 3.34. The molecule has 0 bridgehead atoms. The summed E-state index contributed by atoms with van der Waals surface area (Å²) in [6.07, 6.45) is 4.25. The predicted octanol–water partition coefficient (Wildman–Crippen LogP) is 2.86. The lowest BCUT2D eigenvalue weighted by molar-refractivity contribution is 0.257. The monoisotopic (exact) mass is 220 g/mol. The maximum absolute atomic E-state index is 5.62. The molecule has 0 saturated carbocycles. The molecule has 0 radical (unpaired) electrons. The minimum absolute atomic E-state index is 0.779. The first kappa shape index (κ1) is 10.9. The van der Waals surface area contributed by atoms with Crippen LogP contribution in [0.4, 0.5) is 0 Å². The number of methoxy groups -OCH3 is 2. The van der Waals surface area contributed by atoms with Crippen molar-refractivity contribution in [2.45, 2.75) is 12.8 Å². The van der Waals surface area contributed by atoms with Crippen LogP contribution >= 0.6 is 0 Å². The van der Waals surface area contributed by atoms with E-state index in [1.54, 1.807) is 14.2 Å². The molecular formula is C13H16O3. The Bertz CT molecular complexity index is 396. The lowest BCUT2D eigenvalue weighted by atomic mass is 10.1. The number of allylic oxidation sites excluding steroid dienone is 1. The minimum atomic E-state index is 0.779. The van der Waals surface area contributed by atoms with Gasteiger partial charge in [0.25, 0.3) is 0 Å². The summed E-state index contributed by atoms with van der Waals surface area (Å²) in [5.74, 6) is 2.48. The molecule has 0 aromatic heterocycles. The number of hydrogen-bond donors (Lipinski definition) is 0. The number of rotatable bonds is 3. The van der Waals surface area contributed by atoms with Gasteiger partial charge in [0.15, 0.2) is 0 Å². The van der Waals surface area contributed by atoms with Crippen LogP contribution in [0.3, 0.4) is 0 Å². The van der Waals surface area contributed by atoms with E-state index >= 15 is 0 Å². The zero-order valence-corrected chi connectivity index (χ0v) is 9.66. The van der Waals surface area contributed by atoms with Crippen molar-refractivity contribution in [1.82, 2.24) is 0 Å². The molecule has 3 heteroatoms. The standard InChI is InChI=1S/C13H16O3/c1-14-10-6-7-11(13(9-10)15-2)12-5-3-4-8-16-12/h5-7,9H,3-4,8H2,1-2H3. The van der Waals surface area contributed by atoms with Gasteiger partial charge in [-0.2, -0.15) is 0 Å². The maximum atomic E-state index is 5.62. The van der Waals surface area contributed by atoms with Crippen molar-refractivity contribution in [2.24, 2.45) is 0 Å². The van der Waals surface area contributed by atoms with Crippen LogP contribution in [0.5, 0.6) is 11.5 Å². The van der Waals surface area contributed by atoms with Crippen molar-refractivity contribution in [3.63, 3.8) is 0 Å². The van der Waals surface area contributed by atoms with Gasteiger partial charge >= 0.3 is 0 Å². The molecule has 86 valence electrons. The number of benzene rings is 1. The zero-order chi connectivity index (χ0) is 11.4. The first-order chi connectivity index (χ1) is 7.85. The molecule has 1 aromatic rings. The lowest BCUT2D eigenvalue weighted by Gasteiger charge is -2.17. The van der Waals surface area contributed by atoms with Crippen LogP contribution in [0.25, 0.3) is 5.76 Å². The molecule has 1 heterocycles. The number of ether oxygens (including phenoxy) is 3. The summed E-state index contributed by atoms with van der Waals surface area (Å²) in [4.78, 5) is 0. The van der Waals surface area contributed by atoms with Gasteiger partial charge in [0.1, 0.15) is 17.3 Å². The van der Waals surface area contributed by atoms with Crippen molar-refractivity contribution in [2.75, 3.05) is 20.8 Å². The molecule has 0 fully saturated rings. The third kappa shape index (κ3) is 2.13. The summed E-state index contributed by atoms with van der Waals surface area (Å²) in [5.41, 5.74) is 0.989. The summed E-state index contributed by atoms with van der Waals surface area (Å²) in [6, 6.07) is 5.75. The minimum Gasteiger partial charge on any atom is -0.497 e. The van der Waals surface area contributed by atoms with E-state index in [1.165, 1.54) is 0 Å². The first-order valence-corrected chi connectivity index (χ1v) is 5.40. The summed E-state index contributed by atoms with van der Waals surface area (Å²) < 4.78 is 16.1. The average Bonchev–Trinajstić information content (AvgIpc) is 2.39. The molecule has 0 unspecified atom stereocenters. The Labute approximate surface area is 95.6 Å². The maximum Gasteiger partial charge on any atom is 0.133 e. The van der Waals surface area contributed by atoms with Gasteiger partial charge < -0.3 is 14.2 Å². The van der Waals surface area contributed by atoms with E-state index in [0.717, 1.165) is 42.3 Å². The van der Waals surface area contributed by atoms with Crippen LogP contribution in [0.15, 0.2) is 24.3 Å². The van der Waals surface area contributed by atoms with Crippen molar-refractivity contribution < 1.29 is 14.2 Å². The highest BCUT2D eigenvalue weighted by Crippen LogP contribution is 2.32. The van der Waals surface area contributed by atoms with Crippen molar-refractivity contribution in [3.05, 3.63) is 29.8 Å². The lowest BCUT2D eigenvalue weighted by Crippen LogP contribution is -2.02. The molecule has 0 N–H and O–H groups in total. The Morgan fingerprint density at radius 2 is 2.06 bits per heavy atom. The second-order valence-electron chi connectivity index (χ2n) is 3.63. The van der Waals surface area contributed by atoms with Crippen LogP contribution in [0.1, 0.15) is 18.4 Å². The van der Waals surface area contributed by atoms with Crippen molar-refractivity contribution in [1.29, 1.82) is 0 Å². The van der Waals surface area contributed by atoms with Crippen molar-refractivity contribution in [3.8, 4) is 11.5 Å². The van der Waals surface area contributed by atoms with Crippen LogP contribution in [-0.4, -0.2) is 20.8 Å². The fourth-order valence-corrected chi connectivity index (χ4v) is 1.75. The third-order valence-corrected chi connectivity index (χ3v) is 2.61. The highest BCUT2D eigenvalue weighted by Gasteiger charge is 2.13. The highest BCUT2D eigenvalue weighted by molar-refractivity contribution is 5.67. The molecule has 0 spiro atoms. The van der Waals surface area contributed by atoms with Gasteiger partial charge in [-0.1, -0.05) is 0 Å². The van der Waals surface area contributed by atoms with Crippen LogP contribution < -0.4 is 9.47 Å². The fraction of sp³-hybridized carbons (Fsp3) is 0.385. The van der Waals surface area contributed by atoms with Gasteiger partial charge in [-0.05, 0) is 31.1 Å². The van der Waals surface area contributed by atoms with E-state index in [-0.39, 0.29) is 0 Å². The predicted molar refractivity (Wildman–Crippen MR) is 62.7 cm³/mol. The number of hydrogen-bond acceptors (Lipinski definition) is 3. The summed E-state index contributed by atoms with van der Waals surface area (Å²) in [7, 11) is 3.30. The van der Waals surface area contributed by atoms with Crippen LogP contribution in [-0.2, 0) is 4.74 Å². The van der Waals surface area contributed by atoms with E-state index < -0.39 is 0 Å². The molecule has 0 amide bonds. The normalized spacial score (nSPS) is 15.0. The van der Waals surface area contributed by atoms with E-state index in [2.05, 4.69) is 6.08 Å². The summed E-state index contributed by atoms with van der Waals surface area (Å²) in [5, 5.41) is 0. The Hall–Kier alpha value is -1.64. The molecule has 1 aromatic carbocycles. The second-order valence-corrected chi connectivity index (χ2v) is 3.63. The van der Waals surface area contributed by atoms with Gasteiger partial charge in [0.2, 0.25) is 0 Å². The molecule has 0 atom stereocenters. The van der Waals surface area contributed by atoms with Crippen molar-refractivity contribution >= 4 is 5.76 Å². The Morgan fingerprint density at radius 1 is 1.19 bits per heavy atom. The average molecular weight is 220 g/mol. The molecule has 2 rings (SSSR count). The van der Waals surface area contributed by atoms with Gasteiger partial charge in [0, 0.05) is 6.07 Å². The van der Waals surface area contributed by atoms with E-state index in [0.29, 0.717) is 0 Å². The van der Waals surface area contributed by atoms with Gasteiger partial charge in [0.05, 0.1) is 26.4 Å². The van der Waals surface area contributed by atoms with E-state index in [9.17, 15) is 0 Å². The third-order valence-electron chi connectivity index (χ3n) is 2.61. The van der Waals surface area contributed by atoms with Gasteiger partial charge in [-0.3, -0.25) is 0 Å². The SMILES string of the molecule is COc1ccc(C2=CCCCO2)c(OC)c1. The van der Waals surface area contributed by atoms with E-state index in [1.807, 2.05) is 18.2 Å². The second kappa shape index (κ2) is 4.92. The summed E-state index contributed by atoms with van der Waals surface area (Å²) >= 11 is 0. The molecule has 3 nitrogen and oxygen atoms in total. The Morgan fingerprint density at radius 3 is 2.69 bits per heavy atom. The topological polar surface area (TPSA) is 27.7 Å². The molecule has 16 heavy (non-hydrogen) atoms. The molecular weight excluding hydrogens is 204 g/mol. The smallest absolute Gasteiger partial charge is 0.133 e. The zero-order valence-electron chi connectivity index (χ0n) is 9.66. The van der Waals surface area contributed by atoms with Crippen LogP contribution in [0.2, 0.25) is 0 Å². The fourth-order valence-electron chi connectivity index (χ4n) is 1.75. The Balaban J connectivity index is 2.35. The van der Waals surface area contributed by atoms with Gasteiger partial charge in [-0.25, -0.2) is 0 Å². The molecule has 1 aliphatic rings. The van der Waals surface area contributed by atoms with E-state index in [4.69, 9.17) is 14.2 Å². The molecule has 0 saturated heterocycles. The largest absolute Gasteiger partial charge is 0.497 e. The molecule has 0 aliphatic carbocycles. The van der Waals surface area contributed by atoms with Crippen LogP contribution in [0, 0.1) is 0 Å². The first-order valence-electron chi connectivity index (χ1n) is 5.40. The van der Waals surface area contributed by atoms with Gasteiger partial charge in [-0.15, -0.1) is 0 Å².